The van der Waals surface area contributed by atoms with Crippen LogP contribution < -0.4 is 5.73 Å². The SMILES string of the molecule is CC(C)(C)c1nnc(-c2ccc(C(O)(CCSCCC(N)C(=O)O)C(F)(F)F)cc2)o1. The molecular formula is C20H26F3N3O4S. The highest BCUT2D eigenvalue weighted by Crippen LogP contribution is 2.42. The second-order valence-electron chi connectivity index (χ2n) is 8.19. The normalized spacial score (nSPS) is 15.5. The Morgan fingerprint density at radius 1 is 1.16 bits per heavy atom. The maximum Gasteiger partial charge on any atom is 0.421 e. The fraction of sp³-hybridized carbons (Fsp3) is 0.550. The summed E-state index contributed by atoms with van der Waals surface area (Å²) in [5.74, 6) is -0.338. The second-order valence-corrected chi connectivity index (χ2v) is 9.42. The first kappa shape index (κ1) is 25.2. The highest BCUT2D eigenvalue weighted by Gasteiger charge is 2.54. The molecule has 31 heavy (non-hydrogen) atoms. The molecule has 0 spiro atoms. The van der Waals surface area contributed by atoms with Crippen molar-refractivity contribution >= 4 is 17.7 Å². The number of halogens is 3. The van der Waals surface area contributed by atoms with Gasteiger partial charge in [-0.05, 0) is 42.0 Å². The van der Waals surface area contributed by atoms with Crippen molar-refractivity contribution in [1.82, 2.24) is 10.2 Å². The molecule has 1 aromatic carbocycles. The summed E-state index contributed by atoms with van der Waals surface area (Å²) >= 11 is 1.11. The molecule has 0 bridgehead atoms. The Kier molecular flexibility index (Phi) is 7.77. The van der Waals surface area contributed by atoms with E-state index in [1.54, 1.807) is 0 Å². The van der Waals surface area contributed by atoms with Crippen molar-refractivity contribution in [2.24, 2.45) is 5.73 Å². The van der Waals surface area contributed by atoms with Crippen LogP contribution in [0.1, 0.15) is 45.1 Å². The number of alkyl halides is 3. The van der Waals surface area contributed by atoms with E-state index in [2.05, 4.69) is 10.2 Å². The van der Waals surface area contributed by atoms with Crippen molar-refractivity contribution in [3.63, 3.8) is 0 Å². The molecule has 2 rings (SSSR count). The molecule has 2 aromatic rings. The third kappa shape index (κ3) is 6.20. The fourth-order valence-corrected chi connectivity index (χ4v) is 3.70. The van der Waals surface area contributed by atoms with Gasteiger partial charge in [0.2, 0.25) is 11.8 Å². The predicted octanol–water partition coefficient (Wildman–Crippen LogP) is 3.71. The molecule has 4 N–H and O–H groups in total. The van der Waals surface area contributed by atoms with Crippen LogP contribution in [0, 0.1) is 0 Å². The first-order chi connectivity index (χ1) is 14.3. The molecule has 1 heterocycles. The zero-order valence-electron chi connectivity index (χ0n) is 17.4. The highest BCUT2D eigenvalue weighted by molar-refractivity contribution is 7.99. The number of aliphatic carboxylic acids is 1. The number of nitrogens with zero attached hydrogens (tertiary/aromatic N) is 2. The highest BCUT2D eigenvalue weighted by atomic mass is 32.2. The minimum Gasteiger partial charge on any atom is -0.480 e. The largest absolute Gasteiger partial charge is 0.480 e. The van der Waals surface area contributed by atoms with Gasteiger partial charge in [0.15, 0.2) is 5.60 Å². The summed E-state index contributed by atoms with van der Waals surface area (Å²) in [4.78, 5) is 10.7. The van der Waals surface area contributed by atoms with Crippen LogP contribution in [0.25, 0.3) is 11.5 Å². The lowest BCUT2D eigenvalue weighted by Gasteiger charge is -2.31. The maximum absolute atomic E-state index is 13.7. The van der Waals surface area contributed by atoms with Crippen molar-refractivity contribution in [1.29, 1.82) is 0 Å². The smallest absolute Gasteiger partial charge is 0.421 e. The molecule has 7 nitrogen and oxygen atoms in total. The summed E-state index contributed by atoms with van der Waals surface area (Å²) in [6.45, 7) is 5.68. The average molecular weight is 462 g/mol. The number of nitrogens with two attached hydrogens (primary N) is 1. The molecule has 0 aliphatic rings. The summed E-state index contributed by atoms with van der Waals surface area (Å²) in [7, 11) is 0. The standard InChI is InChI=1S/C20H26F3N3O4S/c1-18(2,3)17-26-25-15(30-17)12-4-6-13(7-5-12)19(29,20(21,22)23)9-11-31-10-8-14(24)16(27)28/h4-7,14,29H,8-11,24H2,1-3H3,(H,27,28). The van der Waals surface area contributed by atoms with E-state index in [9.17, 15) is 23.1 Å². The van der Waals surface area contributed by atoms with Crippen molar-refractivity contribution in [3.05, 3.63) is 35.7 Å². The minimum absolute atomic E-state index is 0.0251. The quantitative estimate of drug-likeness (QED) is 0.483. The lowest BCUT2D eigenvalue weighted by molar-refractivity contribution is -0.267. The summed E-state index contributed by atoms with van der Waals surface area (Å²) in [6.07, 6.45) is -5.35. The number of carboxylic acids is 1. The fourth-order valence-electron chi connectivity index (χ4n) is 2.64. The van der Waals surface area contributed by atoms with Crippen LogP contribution in [0.15, 0.2) is 28.7 Å². The molecule has 11 heteroatoms. The average Bonchev–Trinajstić information content (AvgIpc) is 3.17. The number of carbonyl (C=O) groups is 1. The first-order valence-corrected chi connectivity index (χ1v) is 10.7. The van der Waals surface area contributed by atoms with E-state index in [4.69, 9.17) is 15.3 Å². The molecule has 0 aliphatic heterocycles. The molecule has 0 radical (unpaired) electrons. The maximum atomic E-state index is 13.7. The minimum atomic E-state index is -4.89. The van der Waals surface area contributed by atoms with E-state index in [1.807, 2.05) is 20.8 Å². The lowest BCUT2D eigenvalue weighted by Crippen LogP contribution is -2.42. The summed E-state index contributed by atoms with van der Waals surface area (Å²) in [6, 6.07) is 4.10. The Bertz CT molecular complexity index is 881. The van der Waals surface area contributed by atoms with Gasteiger partial charge in [0.25, 0.3) is 0 Å². The van der Waals surface area contributed by atoms with Gasteiger partial charge in [0.05, 0.1) is 0 Å². The molecule has 2 unspecified atom stereocenters. The van der Waals surface area contributed by atoms with Gasteiger partial charge in [0.1, 0.15) is 6.04 Å². The van der Waals surface area contributed by atoms with Crippen molar-refractivity contribution in [2.45, 2.75) is 56.8 Å². The van der Waals surface area contributed by atoms with E-state index < -0.39 is 30.2 Å². The topological polar surface area (TPSA) is 122 Å². The van der Waals surface area contributed by atoms with Gasteiger partial charge in [0, 0.05) is 11.0 Å². The van der Waals surface area contributed by atoms with Crippen LogP contribution in [-0.2, 0) is 15.8 Å². The van der Waals surface area contributed by atoms with E-state index in [1.165, 1.54) is 24.3 Å². The van der Waals surface area contributed by atoms with Gasteiger partial charge in [-0.15, -0.1) is 10.2 Å². The zero-order chi connectivity index (χ0) is 23.4. The summed E-state index contributed by atoms with van der Waals surface area (Å²) in [5, 5.41) is 27.1. The molecular weight excluding hydrogens is 435 g/mol. The predicted molar refractivity (Wildman–Crippen MR) is 111 cm³/mol. The number of carboxylic acid groups (broad SMARTS) is 1. The van der Waals surface area contributed by atoms with Gasteiger partial charge in [-0.25, -0.2) is 0 Å². The van der Waals surface area contributed by atoms with Gasteiger partial charge in [-0.3, -0.25) is 4.79 Å². The first-order valence-electron chi connectivity index (χ1n) is 9.56. The summed E-state index contributed by atoms with van der Waals surface area (Å²) < 4.78 is 46.7. The lowest BCUT2D eigenvalue weighted by atomic mass is 9.90. The zero-order valence-corrected chi connectivity index (χ0v) is 18.3. The van der Waals surface area contributed by atoms with E-state index in [-0.39, 0.29) is 34.8 Å². The Hall–Kier alpha value is -2.11. The third-order valence-corrected chi connectivity index (χ3v) is 5.66. The molecule has 0 saturated carbocycles. The van der Waals surface area contributed by atoms with E-state index in [0.717, 1.165) is 11.8 Å². The number of aromatic nitrogens is 2. The summed E-state index contributed by atoms with van der Waals surface area (Å²) in [5.41, 5.74) is 2.10. The molecule has 0 aliphatic carbocycles. The molecule has 1 aromatic heterocycles. The van der Waals surface area contributed by atoms with Crippen molar-refractivity contribution in [3.8, 4) is 11.5 Å². The van der Waals surface area contributed by atoms with E-state index >= 15 is 0 Å². The molecule has 172 valence electrons. The number of thioether (sulfide) groups is 1. The van der Waals surface area contributed by atoms with Crippen LogP contribution >= 0.6 is 11.8 Å². The van der Waals surface area contributed by atoms with Crippen LogP contribution in [0.4, 0.5) is 13.2 Å². The van der Waals surface area contributed by atoms with Gasteiger partial charge in [-0.2, -0.15) is 24.9 Å². The third-order valence-electron chi connectivity index (χ3n) is 4.64. The van der Waals surface area contributed by atoms with Crippen LogP contribution in [0.3, 0.4) is 0 Å². The Labute approximate surface area is 182 Å². The van der Waals surface area contributed by atoms with Crippen LogP contribution in [0.2, 0.25) is 0 Å². The number of hydrogen-bond acceptors (Lipinski definition) is 7. The van der Waals surface area contributed by atoms with Crippen molar-refractivity contribution in [2.75, 3.05) is 11.5 Å². The van der Waals surface area contributed by atoms with Gasteiger partial charge in [-0.1, -0.05) is 32.9 Å². The Balaban J connectivity index is 2.11. The monoisotopic (exact) mass is 461 g/mol. The molecule has 0 saturated heterocycles. The van der Waals surface area contributed by atoms with Crippen molar-refractivity contribution < 1.29 is 32.6 Å². The van der Waals surface area contributed by atoms with E-state index in [0.29, 0.717) is 11.5 Å². The van der Waals surface area contributed by atoms with Gasteiger partial charge >= 0.3 is 12.1 Å². The Morgan fingerprint density at radius 2 is 1.77 bits per heavy atom. The molecule has 0 fully saturated rings. The second kappa shape index (κ2) is 9.58. The number of aliphatic hydroxyl groups is 1. The molecule has 2 atom stereocenters. The number of benzene rings is 1. The Morgan fingerprint density at radius 3 is 2.26 bits per heavy atom. The van der Waals surface area contributed by atoms with Crippen LogP contribution in [0.5, 0.6) is 0 Å². The van der Waals surface area contributed by atoms with Gasteiger partial charge < -0.3 is 20.4 Å². The number of rotatable bonds is 9. The number of hydrogen-bond donors (Lipinski definition) is 3. The molecule has 0 amide bonds. The van der Waals surface area contributed by atoms with Crippen LogP contribution in [-0.4, -0.2) is 50.1 Å².